The Labute approximate surface area is 261 Å². The topological polar surface area (TPSA) is 105 Å². The predicted molar refractivity (Wildman–Crippen MR) is 172 cm³/mol. The molecule has 4 aromatic carbocycles. The van der Waals surface area contributed by atoms with E-state index in [0.717, 1.165) is 59.3 Å². The SMILES string of the molecule is CCOc1ccc(CCc2ccc(F)cc2/C=C\C(CCc2ccc(-c3noc(=O)[nH]3)cc2)Cc2ccc(C(=O)O)cc2)cc1. The molecule has 0 aliphatic heterocycles. The number of aromatic amines is 1. The minimum atomic E-state index is -0.958. The highest BCUT2D eigenvalue weighted by atomic mass is 19.1. The molecule has 230 valence electrons. The van der Waals surface area contributed by atoms with Crippen LogP contribution in [0.2, 0.25) is 0 Å². The number of benzene rings is 4. The maximum absolute atomic E-state index is 14.4. The Morgan fingerprint density at radius 1 is 0.933 bits per heavy atom. The number of nitrogens with one attached hydrogen (secondary N) is 1. The molecule has 1 aromatic heterocycles. The second-order valence-corrected chi connectivity index (χ2v) is 10.9. The minimum absolute atomic E-state index is 0.106. The van der Waals surface area contributed by atoms with E-state index in [0.29, 0.717) is 18.9 Å². The van der Waals surface area contributed by atoms with Gasteiger partial charge in [-0.3, -0.25) is 9.51 Å². The number of aromatic carboxylic acids is 1. The van der Waals surface area contributed by atoms with Crippen LogP contribution < -0.4 is 10.5 Å². The van der Waals surface area contributed by atoms with Crippen molar-refractivity contribution in [1.82, 2.24) is 10.1 Å². The first-order chi connectivity index (χ1) is 21.9. The summed E-state index contributed by atoms with van der Waals surface area (Å²) in [6.45, 7) is 2.58. The molecule has 0 aliphatic carbocycles. The maximum atomic E-state index is 14.4. The van der Waals surface area contributed by atoms with Gasteiger partial charge in [-0.1, -0.05) is 71.9 Å². The normalized spacial score (nSPS) is 12.0. The zero-order valence-electron chi connectivity index (χ0n) is 25.0. The summed E-state index contributed by atoms with van der Waals surface area (Å²) in [5, 5.41) is 13.0. The van der Waals surface area contributed by atoms with Gasteiger partial charge in [-0.25, -0.2) is 14.0 Å². The van der Waals surface area contributed by atoms with Crippen molar-refractivity contribution in [2.24, 2.45) is 5.92 Å². The standard InChI is InChI=1S/C37H35FN2O5/c1-2-44-34-21-11-26(12-22-34)5-13-29-19-20-33(38)24-32(29)18-10-27(23-28-8-16-31(17-9-28)36(41)42)4-3-25-6-14-30(15-7-25)35-39-37(43)45-40-35/h6-12,14-22,24,27H,2-5,13,23H2,1H3,(H,41,42)(H,39,40,43)/b18-10-. The van der Waals surface area contributed by atoms with Crippen LogP contribution in [0.5, 0.6) is 5.75 Å². The van der Waals surface area contributed by atoms with Gasteiger partial charge in [0, 0.05) is 5.56 Å². The van der Waals surface area contributed by atoms with Crippen molar-refractivity contribution < 1.29 is 23.6 Å². The van der Waals surface area contributed by atoms with Gasteiger partial charge in [-0.05, 0) is 109 Å². The van der Waals surface area contributed by atoms with Gasteiger partial charge in [0.15, 0.2) is 5.82 Å². The fourth-order valence-electron chi connectivity index (χ4n) is 5.27. The average Bonchev–Trinajstić information content (AvgIpc) is 3.49. The van der Waals surface area contributed by atoms with Crippen LogP contribution in [0.3, 0.4) is 0 Å². The predicted octanol–water partition coefficient (Wildman–Crippen LogP) is 7.56. The lowest BCUT2D eigenvalue weighted by atomic mass is 9.90. The van der Waals surface area contributed by atoms with E-state index in [1.54, 1.807) is 18.2 Å². The first-order valence-corrected chi connectivity index (χ1v) is 15.0. The van der Waals surface area contributed by atoms with E-state index in [2.05, 4.69) is 32.9 Å². The summed E-state index contributed by atoms with van der Waals surface area (Å²) >= 11 is 0. The molecule has 45 heavy (non-hydrogen) atoms. The summed E-state index contributed by atoms with van der Waals surface area (Å²) in [5.74, 6) is -0.510. The van der Waals surface area contributed by atoms with E-state index < -0.39 is 11.7 Å². The number of carboxylic acids is 1. The van der Waals surface area contributed by atoms with Gasteiger partial charge in [-0.15, -0.1) is 0 Å². The first-order valence-electron chi connectivity index (χ1n) is 15.0. The molecule has 0 saturated heterocycles. The van der Waals surface area contributed by atoms with E-state index in [1.807, 2.05) is 67.6 Å². The van der Waals surface area contributed by atoms with E-state index >= 15 is 0 Å². The highest BCUT2D eigenvalue weighted by Crippen LogP contribution is 2.23. The number of rotatable bonds is 14. The number of allylic oxidation sites excluding steroid dienone is 1. The fourth-order valence-corrected chi connectivity index (χ4v) is 5.27. The zero-order valence-corrected chi connectivity index (χ0v) is 25.0. The quantitative estimate of drug-likeness (QED) is 0.135. The van der Waals surface area contributed by atoms with Crippen LogP contribution >= 0.6 is 0 Å². The molecule has 1 atom stereocenters. The van der Waals surface area contributed by atoms with Crippen molar-refractivity contribution in [1.29, 1.82) is 0 Å². The summed E-state index contributed by atoms with van der Waals surface area (Å²) in [7, 11) is 0. The maximum Gasteiger partial charge on any atom is 0.439 e. The van der Waals surface area contributed by atoms with Gasteiger partial charge in [0.25, 0.3) is 0 Å². The second-order valence-electron chi connectivity index (χ2n) is 10.9. The number of ether oxygens (including phenoxy) is 1. The van der Waals surface area contributed by atoms with Gasteiger partial charge < -0.3 is 9.84 Å². The lowest BCUT2D eigenvalue weighted by Crippen LogP contribution is -2.05. The highest BCUT2D eigenvalue weighted by molar-refractivity contribution is 5.87. The van der Waals surface area contributed by atoms with Crippen LogP contribution in [0.25, 0.3) is 17.5 Å². The van der Waals surface area contributed by atoms with Crippen molar-refractivity contribution >= 4 is 12.0 Å². The molecular weight excluding hydrogens is 571 g/mol. The van der Waals surface area contributed by atoms with Crippen molar-refractivity contribution in [2.45, 2.75) is 39.0 Å². The molecule has 0 fully saturated rings. The monoisotopic (exact) mass is 606 g/mol. The van der Waals surface area contributed by atoms with Crippen molar-refractivity contribution in [3.05, 3.63) is 147 Å². The summed E-state index contributed by atoms with van der Waals surface area (Å²) in [5.41, 5.74) is 6.23. The highest BCUT2D eigenvalue weighted by Gasteiger charge is 2.11. The van der Waals surface area contributed by atoms with Crippen molar-refractivity contribution in [3.63, 3.8) is 0 Å². The summed E-state index contributed by atoms with van der Waals surface area (Å²) in [6, 6.07) is 27.7. The number of halogens is 1. The Morgan fingerprint density at radius 2 is 1.62 bits per heavy atom. The van der Waals surface area contributed by atoms with E-state index in [-0.39, 0.29) is 17.3 Å². The third-order valence-electron chi connectivity index (χ3n) is 7.74. The van der Waals surface area contributed by atoms with Gasteiger partial charge in [-0.2, -0.15) is 0 Å². The Kier molecular flexibility index (Phi) is 10.4. The van der Waals surface area contributed by atoms with Crippen LogP contribution in [0.1, 0.15) is 51.5 Å². The molecule has 0 saturated carbocycles. The van der Waals surface area contributed by atoms with Gasteiger partial charge >= 0.3 is 11.7 Å². The van der Waals surface area contributed by atoms with Crippen LogP contribution in [0, 0.1) is 11.7 Å². The second kappa shape index (κ2) is 15.0. The Bertz CT molecular complexity index is 1790. The van der Waals surface area contributed by atoms with E-state index in [1.165, 1.54) is 11.6 Å². The van der Waals surface area contributed by atoms with Crippen LogP contribution in [-0.2, 0) is 25.7 Å². The lowest BCUT2D eigenvalue weighted by molar-refractivity contribution is 0.0697. The molecule has 0 amide bonds. The number of hydrogen-bond acceptors (Lipinski definition) is 5. The molecule has 2 N–H and O–H groups in total. The average molecular weight is 607 g/mol. The van der Waals surface area contributed by atoms with Gasteiger partial charge in [0.05, 0.1) is 12.2 Å². The van der Waals surface area contributed by atoms with Gasteiger partial charge in [0.2, 0.25) is 0 Å². The fraction of sp³-hybridized carbons (Fsp3) is 0.216. The summed E-state index contributed by atoms with van der Waals surface area (Å²) < 4.78 is 24.6. The number of carboxylic acid groups (broad SMARTS) is 1. The molecule has 0 aliphatic rings. The number of nitrogens with zero attached hydrogens (tertiary/aromatic N) is 1. The van der Waals surface area contributed by atoms with Crippen LogP contribution in [0.4, 0.5) is 4.39 Å². The van der Waals surface area contributed by atoms with Crippen LogP contribution in [-0.4, -0.2) is 27.8 Å². The van der Waals surface area contributed by atoms with E-state index in [4.69, 9.17) is 4.74 Å². The van der Waals surface area contributed by atoms with Crippen LogP contribution in [0.15, 0.2) is 106 Å². The number of hydrogen-bond donors (Lipinski definition) is 2. The third-order valence-corrected chi connectivity index (χ3v) is 7.74. The molecule has 0 spiro atoms. The van der Waals surface area contributed by atoms with Crippen molar-refractivity contribution in [3.8, 4) is 17.1 Å². The molecule has 1 unspecified atom stereocenters. The van der Waals surface area contributed by atoms with Gasteiger partial charge in [0.1, 0.15) is 11.6 Å². The molecule has 0 bridgehead atoms. The Hall–Kier alpha value is -5.24. The molecule has 8 heteroatoms. The number of H-pyrrole nitrogens is 1. The number of aromatic nitrogens is 2. The number of aryl methyl sites for hydroxylation is 3. The Morgan fingerprint density at radius 3 is 2.29 bits per heavy atom. The smallest absolute Gasteiger partial charge is 0.439 e. The van der Waals surface area contributed by atoms with E-state index in [9.17, 15) is 19.1 Å². The molecule has 5 rings (SSSR count). The molecule has 0 radical (unpaired) electrons. The Balaban J connectivity index is 1.32. The number of carbonyl (C=O) groups is 1. The molecule has 5 aromatic rings. The summed E-state index contributed by atoms with van der Waals surface area (Å²) in [6.07, 6.45) is 8.02. The minimum Gasteiger partial charge on any atom is -0.494 e. The van der Waals surface area contributed by atoms with Crippen molar-refractivity contribution in [2.75, 3.05) is 6.61 Å². The lowest BCUT2D eigenvalue weighted by Gasteiger charge is -2.15. The largest absolute Gasteiger partial charge is 0.494 e. The summed E-state index contributed by atoms with van der Waals surface area (Å²) in [4.78, 5) is 25.2. The third kappa shape index (κ3) is 8.89. The first kappa shape index (κ1) is 31.2. The molecular formula is C37H35FN2O5. The zero-order chi connectivity index (χ0) is 31.6. The molecule has 7 nitrogen and oxygen atoms in total. The molecule has 1 heterocycles.